The van der Waals surface area contributed by atoms with Crippen molar-refractivity contribution >= 4 is 30.4 Å². The third-order valence-electron chi connectivity index (χ3n) is 13.2. The van der Waals surface area contributed by atoms with Crippen molar-refractivity contribution in [1.29, 1.82) is 0 Å². The van der Waals surface area contributed by atoms with Crippen LogP contribution in [0.1, 0.15) is 199 Å². The fraction of sp³-hybridized carbons (Fsp3) is 0.600. The number of aromatic hydroxyl groups is 1. The highest BCUT2D eigenvalue weighted by Crippen LogP contribution is 2.50. The molecular formula is C45H62O11S3. The van der Waals surface area contributed by atoms with Gasteiger partial charge in [0.1, 0.15) is 21.3 Å². The van der Waals surface area contributed by atoms with E-state index in [0.29, 0.717) is 54.0 Å². The normalized spacial score (nSPS) is 20.4. The smallest absolute Gasteiger partial charge is 0.295 e. The quantitative estimate of drug-likeness (QED) is 0.106. The zero-order valence-corrected chi connectivity index (χ0v) is 37.6. The number of rotatable bonds is 15. The Hall–Kier alpha value is -3.01. The number of hydrogen-bond acceptors (Lipinski definition) is 8. The molecule has 14 heteroatoms. The minimum absolute atomic E-state index is 0.0515. The van der Waals surface area contributed by atoms with Gasteiger partial charge in [-0.25, -0.2) is 0 Å². The summed E-state index contributed by atoms with van der Waals surface area (Å²) in [6.45, 7) is 10.9. The molecule has 0 spiro atoms. The van der Waals surface area contributed by atoms with Crippen molar-refractivity contribution < 1.29 is 48.8 Å². The molecule has 3 aliphatic carbocycles. The molecule has 11 nitrogen and oxygen atoms in total. The van der Waals surface area contributed by atoms with Crippen LogP contribution >= 0.6 is 0 Å². The molecule has 6 rings (SSSR count). The molecule has 326 valence electrons. The molecule has 3 aromatic carbocycles. The second kappa shape index (κ2) is 17.8. The lowest BCUT2D eigenvalue weighted by atomic mass is 9.83. The topological polar surface area (TPSA) is 193 Å². The Morgan fingerprint density at radius 2 is 1.07 bits per heavy atom. The number of ether oxygens (including phenoxy) is 1. The van der Waals surface area contributed by atoms with Crippen LogP contribution in [0, 0.1) is 5.92 Å². The van der Waals surface area contributed by atoms with Gasteiger partial charge in [0.2, 0.25) is 0 Å². The highest BCUT2D eigenvalue weighted by Gasteiger charge is 2.38. The first-order valence-corrected chi connectivity index (χ1v) is 25.6. The van der Waals surface area contributed by atoms with Gasteiger partial charge in [0.15, 0.2) is 0 Å². The van der Waals surface area contributed by atoms with E-state index >= 15 is 0 Å². The van der Waals surface area contributed by atoms with Crippen LogP contribution in [0.4, 0.5) is 0 Å². The largest absolute Gasteiger partial charge is 0.508 e. The Labute approximate surface area is 351 Å². The van der Waals surface area contributed by atoms with Crippen LogP contribution in [-0.2, 0) is 30.4 Å². The molecule has 3 aromatic rings. The van der Waals surface area contributed by atoms with E-state index in [1.54, 1.807) is 13.8 Å². The summed E-state index contributed by atoms with van der Waals surface area (Å²) < 4.78 is 116. The fourth-order valence-electron chi connectivity index (χ4n) is 10.3. The zero-order valence-electron chi connectivity index (χ0n) is 35.1. The van der Waals surface area contributed by atoms with Crippen LogP contribution in [0.25, 0.3) is 0 Å². The number of phenols is 1. The second-order valence-electron chi connectivity index (χ2n) is 18.4. The predicted octanol–water partition coefficient (Wildman–Crippen LogP) is 11.0. The van der Waals surface area contributed by atoms with Crippen LogP contribution < -0.4 is 4.74 Å². The van der Waals surface area contributed by atoms with Gasteiger partial charge >= 0.3 is 0 Å². The van der Waals surface area contributed by atoms with E-state index in [4.69, 9.17) is 4.74 Å². The summed E-state index contributed by atoms with van der Waals surface area (Å²) in [5, 5.41) is 11.0. The minimum atomic E-state index is -4.81. The summed E-state index contributed by atoms with van der Waals surface area (Å²) in [4.78, 5) is -0.496. The molecule has 0 radical (unpaired) electrons. The molecule has 0 aromatic heterocycles. The van der Waals surface area contributed by atoms with Crippen molar-refractivity contribution in [3.05, 3.63) is 75.3 Å². The summed E-state index contributed by atoms with van der Waals surface area (Å²) in [5.74, 6) is -1.18. The van der Waals surface area contributed by atoms with Crippen molar-refractivity contribution in [2.24, 2.45) is 5.92 Å². The van der Waals surface area contributed by atoms with Gasteiger partial charge in [-0.15, -0.1) is 0 Å². The van der Waals surface area contributed by atoms with E-state index in [1.165, 1.54) is 24.3 Å². The maximum absolute atomic E-state index is 13.3. The average Bonchev–Trinajstić information content (AvgIpc) is 3.95. The van der Waals surface area contributed by atoms with E-state index in [9.17, 15) is 44.0 Å². The molecule has 3 saturated carbocycles. The van der Waals surface area contributed by atoms with E-state index in [2.05, 4.69) is 6.07 Å². The summed E-state index contributed by atoms with van der Waals surface area (Å²) >= 11 is 0. The van der Waals surface area contributed by atoms with Gasteiger partial charge in [0.05, 0.1) is 11.5 Å². The highest BCUT2D eigenvalue weighted by atomic mass is 32.2. The monoisotopic (exact) mass is 874 g/mol. The Morgan fingerprint density at radius 3 is 1.56 bits per heavy atom. The first kappa shape index (κ1) is 45.5. The van der Waals surface area contributed by atoms with Crippen LogP contribution in [-0.4, -0.2) is 50.6 Å². The number of phenolic OH excluding ortho intramolecular Hbond substituents is 1. The van der Waals surface area contributed by atoms with Gasteiger partial charge in [0, 0.05) is 5.92 Å². The van der Waals surface area contributed by atoms with E-state index in [0.717, 1.165) is 62.5 Å². The van der Waals surface area contributed by atoms with Gasteiger partial charge in [-0.3, -0.25) is 13.7 Å². The maximum atomic E-state index is 13.3. The Balaban J connectivity index is 1.44. The lowest BCUT2D eigenvalue weighted by Crippen LogP contribution is -2.20. The van der Waals surface area contributed by atoms with E-state index in [-0.39, 0.29) is 73.7 Å². The molecule has 3 aliphatic rings. The minimum Gasteiger partial charge on any atom is -0.508 e. The molecular weight excluding hydrogens is 813 g/mol. The summed E-state index contributed by atoms with van der Waals surface area (Å²) in [5.41, 5.74) is 4.06. The predicted molar refractivity (Wildman–Crippen MR) is 228 cm³/mol. The SMILES string of the molecule is CC(C)c1cc(S(=O)(=O)O)cc(C(C)C)c1OCC(CC1CCC(c2cc(C3CCCC3)cc(C3CCCC3)c2S(=O)(=O)O)C1)c1cc(O)cc(C(C)C)c1S(=O)(=O)O. The Bertz CT molecular complexity index is 2330. The van der Waals surface area contributed by atoms with E-state index < -0.39 is 36.3 Å². The molecule has 0 amide bonds. The van der Waals surface area contributed by atoms with Crippen LogP contribution in [0.5, 0.6) is 11.5 Å². The number of hydrogen-bond donors (Lipinski definition) is 4. The zero-order chi connectivity index (χ0) is 43.2. The van der Waals surface area contributed by atoms with Crippen molar-refractivity contribution in [3.8, 4) is 11.5 Å². The number of benzene rings is 3. The Morgan fingerprint density at radius 1 is 0.576 bits per heavy atom. The van der Waals surface area contributed by atoms with Gasteiger partial charge in [-0.05, 0) is 156 Å². The molecule has 0 aliphatic heterocycles. The third kappa shape index (κ3) is 10.2. The van der Waals surface area contributed by atoms with Crippen LogP contribution in [0.2, 0.25) is 0 Å². The fourth-order valence-corrected chi connectivity index (χ4v) is 13.0. The van der Waals surface area contributed by atoms with Crippen molar-refractivity contribution in [2.75, 3.05) is 6.61 Å². The van der Waals surface area contributed by atoms with E-state index in [1.807, 2.05) is 33.8 Å². The molecule has 0 saturated heterocycles. The molecule has 3 unspecified atom stereocenters. The molecule has 0 heterocycles. The Kier molecular flexibility index (Phi) is 13.7. The lowest BCUT2D eigenvalue weighted by molar-refractivity contribution is 0.255. The van der Waals surface area contributed by atoms with Crippen LogP contribution in [0.3, 0.4) is 0 Å². The summed E-state index contributed by atoms with van der Waals surface area (Å²) in [7, 11) is -13.9. The first-order chi connectivity index (χ1) is 27.5. The maximum Gasteiger partial charge on any atom is 0.295 e. The van der Waals surface area contributed by atoms with Crippen molar-refractivity contribution in [3.63, 3.8) is 0 Å². The van der Waals surface area contributed by atoms with Gasteiger partial charge < -0.3 is 9.84 Å². The third-order valence-corrected chi connectivity index (χ3v) is 16.0. The molecule has 3 atom stereocenters. The molecule has 0 bridgehead atoms. The molecule has 4 N–H and O–H groups in total. The van der Waals surface area contributed by atoms with Crippen molar-refractivity contribution in [1.82, 2.24) is 0 Å². The van der Waals surface area contributed by atoms with Gasteiger partial charge in [-0.1, -0.05) is 79.4 Å². The first-order valence-electron chi connectivity index (χ1n) is 21.3. The lowest BCUT2D eigenvalue weighted by Gasteiger charge is -2.28. The highest BCUT2D eigenvalue weighted by molar-refractivity contribution is 7.86. The summed E-state index contributed by atoms with van der Waals surface area (Å²) in [6.07, 6.45) is 10.3. The van der Waals surface area contributed by atoms with Crippen LogP contribution in [0.15, 0.2) is 51.1 Å². The molecule has 3 fully saturated rings. The molecule has 59 heavy (non-hydrogen) atoms. The van der Waals surface area contributed by atoms with Crippen molar-refractivity contribution in [2.45, 2.75) is 175 Å². The standard InChI is InChI=1S/C45H62O11S3/c1-26(2)37-23-36(57(47,48)49)24-38(27(3)4)43(37)56-25-34(42-22-35(46)21-39(28(5)6)44(42)58(50,51)52)18-29-15-16-32(17-29)41-20-33(30-11-7-8-12-30)19-40(31-13-9-10-14-31)45(41)59(53,54)55/h19-24,26-32,34,46H,7-18,25H2,1-6H3,(H,47,48,49)(H,50,51,52)(H,53,54,55). The second-order valence-corrected chi connectivity index (χ2v) is 22.5. The average molecular weight is 875 g/mol. The van der Waals surface area contributed by atoms with Gasteiger partial charge in [0.25, 0.3) is 30.4 Å². The summed E-state index contributed by atoms with van der Waals surface area (Å²) in [6, 6.07) is 9.57. The van der Waals surface area contributed by atoms with Gasteiger partial charge in [-0.2, -0.15) is 25.3 Å².